The van der Waals surface area contributed by atoms with Gasteiger partial charge >= 0.3 is 0 Å². The molecular weight excluding hydrogens is 315 g/mol. The average molecular weight is 332 g/mol. The van der Waals surface area contributed by atoms with E-state index < -0.39 is 16.8 Å². The third-order valence-electron chi connectivity index (χ3n) is 3.09. The second-order valence-corrected chi connectivity index (χ2v) is 6.68. The molecule has 1 unspecified atom stereocenters. The van der Waals surface area contributed by atoms with Gasteiger partial charge in [0.1, 0.15) is 28.6 Å². The summed E-state index contributed by atoms with van der Waals surface area (Å²) in [6, 6.07) is 6.00. The first kappa shape index (κ1) is 17.0. The maximum absolute atomic E-state index is 13.9. The molecule has 23 heavy (non-hydrogen) atoms. The number of imidazole rings is 1. The molecule has 7 heteroatoms. The van der Waals surface area contributed by atoms with Crippen molar-refractivity contribution < 1.29 is 8.60 Å². The summed E-state index contributed by atoms with van der Waals surface area (Å²) < 4.78 is 32.1. The van der Waals surface area contributed by atoms with Crippen LogP contribution in [0, 0.1) is 23.1 Å². The normalized spacial score (nSPS) is 13.1. The summed E-state index contributed by atoms with van der Waals surface area (Å²) in [7, 11) is 0.353. The maximum Gasteiger partial charge on any atom is 0.141 e. The van der Waals surface area contributed by atoms with Gasteiger partial charge in [0.2, 0.25) is 0 Å². The molecule has 2 rings (SSSR count). The number of aryl methyl sites for hydroxylation is 1. The summed E-state index contributed by atoms with van der Waals surface area (Å²) in [5.74, 6) is 0.0136. The van der Waals surface area contributed by atoms with E-state index in [1.807, 2.05) is 13.8 Å². The molecule has 0 radical (unpaired) electrons. The molecule has 0 amide bonds. The minimum Gasteiger partial charge on any atom is -0.332 e. The molecule has 0 fully saturated rings. The molecule has 120 valence electrons. The average Bonchev–Trinajstić information content (AvgIpc) is 2.90. The lowest BCUT2D eigenvalue weighted by molar-refractivity contribution is 0.623. The van der Waals surface area contributed by atoms with Gasteiger partial charge in [-0.2, -0.15) is 9.66 Å². The summed E-state index contributed by atoms with van der Waals surface area (Å²) in [5, 5.41) is 8.84. The Morgan fingerprint density at radius 3 is 2.78 bits per heavy atom. The maximum atomic E-state index is 13.9. The van der Waals surface area contributed by atoms with E-state index in [0.29, 0.717) is 22.7 Å². The Bertz CT molecular complexity index is 805. The van der Waals surface area contributed by atoms with E-state index >= 15 is 0 Å². The highest BCUT2D eigenvalue weighted by atomic mass is 32.2. The number of rotatable bonds is 5. The molecule has 0 bridgehead atoms. The highest BCUT2D eigenvalue weighted by Crippen LogP contribution is 2.16. The van der Waals surface area contributed by atoms with Crippen LogP contribution in [0.3, 0.4) is 0 Å². The Hall–Kier alpha value is -2.33. The fourth-order valence-corrected chi connectivity index (χ4v) is 3.06. The molecule has 1 heterocycles. The van der Waals surface area contributed by atoms with Crippen LogP contribution < -0.4 is 0 Å². The van der Waals surface area contributed by atoms with Crippen LogP contribution in [-0.2, 0) is 18.0 Å². The minimum absolute atomic E-state index is 0.0404. The van der Waals surface area contributed by atoms with Crippen LogP contribution in [0.5, 0.6) is 0 Å². The molecule has 0 aliphatic heterocycles. The lowest BCUT2D eigenvalue weighted by atomic mass is 10.1. The van der Waals surface area contributed by atoms with Crippen molar-refractivity contribution in [2.24, 2.45) is 17.4 Å². The van der Waals surface area contributed by atoms with Crippen LogP contribution in [0.15, 0.2) is 35.1 Å². The largest absolute Gasteiger partial charge is 0.332 e. The monoisotopic (exact) mass is 332 g/mol. The Morgan fingerprint density at radius 2 is 2.26 bits per heavy atom. The first-order chi connectivity index (χ1) is 10.9. The van der Waals surface area contributed by atoms with E-state index in [9.17, 15) is 8.60 Å². The van der Waals surface area contributed by atoms with Crippen molar-refractivity contribution in [3.63, 3.8) is 0 Å². The number of benzene rings is 1. The molecule has 5 nitrogen and oxygen atoms in total. The van der Waals surface area contributed by atoms with Crippen LogP contribution in [-0.4, -0.2) is 25.2 Å². The summed E-state index contributed by atoms with van der Waals surface area (Å²) in [6.07, 6.45) is 3.18. The van der Waals surface area contributed by atoms with Crippen molar-refractivity contribution in [2.75, 3.05) is 5.75 Å². The zero-order valence-corrected chi connectivity index (χ0v) is 14.0. The molecule has 0 spiro atoms. The van der Waals surface area contributed by atoms with Gasteiger partial charge in [-0.25, -0.2) is 13.6 Å². The fraction of sp³-hybridized carbons (Fsp3) is 0.312. The summed E-state index contributed by atoms with van der Waals surface area (Å²) in [4.78, 5) is 4.03. The Balaban J connectivity index is 2.53. The smallest absolute Gasteiger partial charge is 0.141 e. The second-order valence-electron chi connectivity index (χ2n) is 5.52. The van der Waals surface area contributed by atoms with Crippen molar-refractivity contribution in [1.82, 2.24) is 9.55 Å². The van der Waals surface area contributed by atoms with Crippen LogP contribution in [0.4, 0.5) is 4.39 Å². The number of aromatic nitrogens is 2. The summed E-state index contributed by atoms with van der Waals surface area (Å²) in [6.45, 7) is 3.91. The van der Waals surface area contributed by atoms with Gasteiger partial charge in [-0.1, -0.05) is 19.9 Å². The van der Waals surface area contributed by atoms with Gasteiger partial charge in [0, 0.05) is 18.4 Å². The highest BCUT2D eigenvalue weighted by Gasteiger charge is 2.15. The van der Waals surface area contributed by atoms with E-state index in [0.717, 1.165) is 0 Å². The first-order valence-corrected chi connectivity index (χ1v) is 8.34. The molecule has 2 aromatic rings. The standard InChI is InChI=1S/C16H17FN4OS/c1-11(2)9-23(22)20-16(15-8-19-10-21(15)3)12-4-5-13(7-18)14(17)6-12/h4-6,8,10-11H,9H2,1-3H3/b20-16+. The van der Waals surface area contributed by atoms with Crippen molar-refractivity contribution in [3.05, 3.63) is 53.4 Å². The van der Waals surface area contributed by atoms with Crippen LogP contribution in [0.25, 0.3) is 0 Å². The quantitative estimate of drug-likeness (QED) is 0.790. The lowest BCUT2D eigenvalue weighted by Gasteiger charge is -2.09. The highest BCUT2D eigenvalue weighted by molar-refractivity contribution is 7.83. The van der Waals surface area contributed by atoms with Crippen LogP contribution in [0.2, 0.25) is 0 Å². The lowest BCUT2D eigenvalue weighted by Crippen LogP contribution is -2.12. The molecule has 0 saturated carbocycles. The number of nitrogens with zero attached hydrogens (tertiary/aromatic N) is 4. The Kier molecular flexibility index (Phi) is 5.40. The molecule has 0 saturated heterocycles. The summed E-state index contributed by atoms with van der Waals surface area (Å²) in [5.41, 5.74) is 1.45. The SMILES string of the molecule is CC(C)CS(=O)/N=C(\c1ccc(C#N)c(F)c1)c1cncn1C. The molecule has 1 aromatic carbocycles. The topological polar surface area (TPSA) is 71.0 Å². The van der Waals surface area contributed by atoms with Gasteiger partial charge in [-0.05, 0) is 18.1 Å². The fourth-order valence-electron chi connectivity index (χ4n) is 2.01. The van der Waals surface area contributed by atoms with Crippen LogP contribution >= 0.6 is 0 Å². The Labute approximate surface area is 137 Å². The number of halogens is 1. The number of hydrogen-bond donors (Lipinski definition) is 0. The molecule has 1 atom stereocenters. The predicted molar refractivity (Wildman–Crippen MR) is 87.8 cm³/mol. The van der Waals surface area contributed by atoms with Gasteiger partial charge in [-0.15, -0.1) is 0 Å². The first-order valence-electron chi connectivity index (χ1n) is 7.06. The van der Waals surface area contributed by atoms with E-state index in [4.69, 9.17) is 5.26 Å². The van der Waals surface area contributed by atoms with E-state index in [-0.39, 0.29) is 11.5 Å². The third-order valence-corrected chi connectivity index (χ3v) is 4.43. The summed E-state index contributed by atoms with van der Waals surface area (Å²) >= 11 is 0. The van der Waals surface area contributed by atoms with Crippen molar-refractivity contribution >= 4 is 16.7 Å². The van der Waals surface area contributed by atoms with Crippen LogP contribution in [0.1, 0.15) is 30.7 Å². The van der Waals surface area contributed by atoms with Gasteiger partial charge in [-0.3, -0.25) is 0 Å². The van der Waals surface area contributed by atoms with Crippen molar-refractivity contribution in [3.8, 4) is 6.07 Å². The molecular formula is C16H17FN4OS. The van der Waals surface area contributed by atoms with E-state index in [1.165, 1.54) is 12.1 Å². The number of nitriles is 1. The minimum atomic E-state index is -1.43. The van der Waals surface area contributed by atoms with Gasteiger partial charge in [0.25, 0.3) is 0 Å². The van der Waals surface area contributed by atoms with Crippen molar-refractivity contribution in [2.45, 2.75) is 13.8 Å². The Morgan fingerprint density at radius 1 is 1.52 bits per heavy atom. The zero-order valence-electron chi connectivity index (χ0n) is 13.2. The third kappa shape index (κ3) is 4.11. The van der Waals surface area contributed by atoms with Gasteiger partial charge in [0.05, 0.1) is 23.8 Å². The van der Waals surface area contributed by atoms with Gasteiger partial charge in [0.15, 0.2) is 0 Å². The molecule has 1 aromatic heterocycles. The van der Waals surface area contributed by atoms with Gasteiger partial charge < -0.3 is 4.57 Å². The zero-order chi connectivity index (χ0) is 17.0. The molecule has 0 aliphatic rings. The van der Waals surface area contributed by atoms with Crippen molar-refractivity contribution in [1.29, 1.82) is 5.26 Å². The molecule has 0 aliphatic carbocycles. The number of hydrogen-bond acceptors (Lipinski definition) is 3. The predicted octanol–water partition coefficient (Wildman–Crippen LogP) is 2.59. The van der Waals surface area contributed by atoms with E-state index in [2.05, 4.69) is 9.38 Å². The van der Waals surface area contributed by atoms with E-state index in [1.54, 1.807) is 36.3 Å². The molecule has 0 N–H and O–H groups in total. The second kappa shape index (κ2) is 7.29.